The number of hydrogen-bond acceptors (Lipinski definition) is 4. The van der Waals surface area contributed by atoms with Crippen molar-refractivity contribution in [3.05, 3.63) is 93.4 Å². The second-order valence-electron chi connectivity index (χ2n) is 10.3. The molecule has 1 unspecified atom stereocenters. The van der Waals surface area contributed by atoms with Gasteiger partial charge >= 0.3 is 0 Å². The van der Waals surface area contributed by atoms with E-state index >= 15 is 0 Å². The maximum absolute atomic E-state index is 14.2. The minimum Gasteiger partial charge on any atom is -0.352 e. The van der Waals surface area contributed by atoms with Gasteiger partial charge in [0.2, 0.25) is 11.8 Å². The number of nitrogens with zero attached hydrogens (tertiary/aromatic N) is 2. The fourth-order valence-corrected chi connectivity index (χ4v) is 7.08. The summed E-state index contributed by atoms with van der Waals surface area (Å²) >= 11 is 18.7. The van der Waals surface area contributed by atoms with Gasteiger partial charge in [0, 0.05) is 27.7 Å². The van der Waals surface area contributed by atoms with Gasteiger partial charge < -0.3 is 10.2 Å². The minimum atomic E-state index is -4.23. The zero-order valence-corrected chi connectivity index (χ0v) is 26.4. The Morgan fingerprint density at radius 3 is 2.24 bits per heavy atom. The van der Waals surface area contributed by atoms with E-state index in [2.05, 4.69) is 5.32 Å². The van der Waals surface area contributed by atoms with Crippen molar-refractivity contribution >= 4 is 62.3 Å². The Morgan fingerprint density at radius 1 is 0.905 bits per heavy atom. The molecule has 0 heterocycles. The molecule has 7 nitrogen and oxygen atoms in total. The molecular weight excluding hydrogens is 617 g/mol. The first kappa shape index (κ1) is 32.1. The molecule has 1 fully saturated rings. The number of benzene rings is 3. The molecule has 0 spiro atoms. The van der Waals surface area contributed by atoms with Crippen LogP contribution in [-0.4, -0.2) is 43.8 Å². The second kappa shape index (κ2) is 14.6. The quantitative estimate of drug-likeness (QED) is 0.240. The van der Waals surface area contributed by atoms with Gasteiger partial charge in [-0.2, -0.15) is 0 Å². The lowest BCUT2D eigenvalue weighted by Gasteiger charge is -2.34. The monoisotopic (exact) mass is 649 g/mol. The molecular formula is C31H34Cl3N3O4S. The number of carbonyl (C=O) groups excluding carboxylic acids is 2. The molecule has 11 heteroatoms. The van der Waals surface area contributed by atoms with Gasteiger partial charge in [-0.3, -0.25) is 13.9 Å². The summed E-state index contributed by atoms with van der Waals surface area (Å²) in [5.74, 6) is -0.822. The highest BCUT2D eigenvalue weighted by molar-refractivity contribution is 7.92. The number of rotatable bonds is 11. The predicted octanol–water partition coefficient (Wildman–Crippen LogP) is 7.10. The highest BCUT2D eigenvalue weighted by atomic mass is 35.5. The summed E-state index contributed by atoms with van der Waals surface area (Å²) in [4.78, 5) is 29.2. The first-order valence-electron chi connectivity index (χ1n) is 14.0. The highest BCUT2D eigenvalue weighted by Crippen LogP contribution is 2.28. The number of carbonyl (C=O) groups is 2. The molecule has 0 saturated heterocycles. The first-order chi connectivity index (χ1) is 20.1. The summed E-state index contributed by atoms with van der Waals surface area (Å²) in [6.07, 6.45) is 5.34. The average Bonchev–Trinajstić information content (AvgIpc) is 2.97. The lowest BCUT2D eigenvalue weighted by Crippen LogP contribution is -2.54. The Balaban J connectivity index is 1.71. The van der Waals surface area contributed by atoms with Crippen LogP contribution in [0.4, 0.5) is 5.69 Å². The van der Waals surface area contributed by atoms with Crippen LogP contribution in [0.25, 0.3) is 0 Å². The molecule has 3 aromatic rings. The Labute approximate surface area is 262 Å². The van der Waals surface area contributed by atoms with Crippen molar-refractivity contribution in [2.75, 3.05) is 10.8 Å². The number of nitrogens with one attached hydrogen (secondary N) is 1. The van der Waals surface area contributed by atoms with E-state index in [4.69, 9.17) is 34.8 Å². The molecule has 0 aliphatic heterocycles. The van der Waals surface area contributed by atoms with Gasteiger partial charge in [0.1, 0.15) is 12.6 Å². The lowest BCUT2D eigenvalue weighted by atomic mass is 9.95. The van der Waals surface area contributed by atoms with Crippen molar-refractivity contribution in [1.29, 1.82) is 0 Å². The molecule has 3 aromatic carbocycles. The Kier molecular flexibility index (Phi) is 11.2. The van der Waals surface area contributed by atoms with Gasteiger partial charge in [0.15, 0.2) is 0 Å². The number of hydrogen-bond donors (Lipinski definition) is 1. The van der Waals surface area contributed by atoms with E-state index in [9.17, 15) is 18.0 Å². The van der Waals surface area contributed by atoms with Gasteiger partial charge in [-0.15, -0.1) is 0 Å². The van der Waals surface area contributed by atoms with Gasteiger partial charge in [-0.1, -0.05) is 85.3 Å². The van der Waals surface area contributed by atoms with Crippen molar-refractivity contribution in [2.24, 2.45) is 0 Å². The molecule has 1 aliphatic carbocycles. The van der Waals surface area contributed by atoms with E-state index in [-0.39, 0.29) is 29.1 Å². The number of amides is 2. The Bertz CT molecular complexity index is 1500. The molecule has 0 radical (unpaired) electrons. The van der Waals surface area contributed by atoms with Crippen LogP contribution in [0.2, 0.25) is 15.1 Å². The summed E-state index contributed by atoms with van der Waals surface area (Å²) in [6.45, 7) is 1.29. The van der Waals surface area contributed by atoms with E-state index in [1.165, 1.54) is 35.2 Å². The van der Waals surface area contributed by atoms with Gasteiger partial charge in [0.05, 0.1) is 10.6 Å². The fourth-order valence-electron chi connectivity index (χ4n) is 5.17. The molecule has 1 aliphatic rings. The zero-order valence-electron chi connectivity index (χ0n) is 23.3. The molecule has 2 amide bonds. The number of sulfonamides is 1. The molecule has 1 atom stereocenters. The molecule has 0 aromatic heterocycles. The van der Waals surface area contributed by atoms with Crippen molar-refractivity contribution in [3.63, 3.8) is 0 Å². The normalized spacial score (nSPS) is 14.7. The van der Waals surface area contributed by atoms with Crippen molar-refractivity contribution in [3.8, 4) is 0 Å². The topological polar surface area (TPSA) is 86.8 Å². The zero-order chi connectivity index (χ0) is 30.3. The van der Waals surface area contributed by atoms with Crippen LogP contribution in [0, 0.1) is 0 Å². The van der Waals surface area contributed by atoms with E-state index in [1.54, 1.807) is 42.5 Å². The third kappa shape index (κ3) is 7.98. The summed E-state index contributed by atoms with van der Waals surface area (Å²) in [5.41, 5.74) is 0.856. The Morgan fingerprint density at radius 2 is 1.60 bits per heavy atom. The maximum Gasteiger partial charge on any atom is 0.264 e. The predicted molar refractivity (Wildman–Crippen MR) is 169 cm³/mol. The standard InChI is InChI=1S/C31H34Cl3N3O4S/c1-2-29(31(39)35-25-11-4-3-5-12-25)36(20-22-9-6-7-14-28(22)34)30(38)21-37(26-13-8-10-24(33)19-26)42(40,41)27-17-15-23(32)16-18-27/h6-10,13-19,25,29H,2-5,11-12,20-21H2,1H3,(H,35,39). The second-order valence-corrected chi connectivity index (χ2v) is 13.5. The maximum atomic E-state index is 14.2. The summed E-state index contributed by atoms with van der Waals surface area (Å²) in [7, 11) is -4.23. The molecule has 1 N–H and O–H groups in total. The van der Waals surface area contributed by atoms with Crippen LogP contribution >= 0.6 is 34.8 Å². The fraction of sp³-hybridized carbons (Fsp3) is 0.355. The minimum absolute atomic E-state index is 0.0273. The van der Waals surface area contributed by atoms with E-state index < -0.39 is 28.5 Å². The van der Waals surface area contributed by atoms with E-state index in [0.717, 1.165) is 36.4 Å². The number of anilines is 1. The van der Waals surface area contributed by atoms with Crippen molar-refractivity contribution in [2.45, 2.75) is 69.0 Å². The highest BCUT2D eigenvalue weighted by Gasteiger charge is 2.34. The number of halogens is 3. The van der Waals surface area contributed by atoms with Crippen molar-refractivity contribution in [1.82, 2.24) is 10.2 Å². The van der Waals surface area contributed by atoms with Crippen LogP contribution in [0.1, 0.15) is 51.0 Å². The molecule has 4 rings (SSSR count). The van der Waals surface area contributed by atoms with E-state index in [0.29, 0.717) is 27.1 Å². The largest absolute Gasteiger partial charge is 0.352 e. The van der Waals surface area contributed by atoms with Crippen LogP contribution in [-0.2, 0) is 26.2 Å². The third-order valence-corrected chi connectivity index (χ3v) is 10.1. The molecule has 224 valence electrons. The van der Waals surface area contributed by atoms with Crippen LogP contribution in [0.5, 0.6) is 0 Å². The lowest BCUT2D eigenvalue weighted by molar-refractivity contribution is -0.140. The van der Waals surface area contributed by atoms with E-state index in [1.807, 2.05) is 6.92 Å². The SMILES string of the molecule is CCC(C(=O)NC1CCCCC1)N(Cc1ccccc1Cl)C(=O)CN(c1cccc(Cl)c1)S(=O)(=O)c1ccc(Cl)cc1. The van der Waals surface area contributed by atoms with Crippen LogP contribution < -0.4 is 9.62 Å². The first-order valence-corrected chi connectivity index (χ1v) is 16.5. The molecule has 0 bridgehead atoms. The van der Waals surface area contributed by atoms with Gasteiger partial charge in [0.25, 0.3) is 10.0 Å². The van der Waals surface area contributed by atoms with Gasteiger partial charge in [-0.05, 0) is 73.4 Å². The summed E-state index contributed by atoms with van der Waals surface area (Å²) in [6, 6.07) is 18.3. The summed E-state index contributed by atoms with van der Waals surface area (Å²) in [5, 5.41) is 4.26. The smallest absolute Gasteiger partial charge is 0.264 e. The molecule has 1 saturated carbocycles. The van der Waals surface area contributed by atoms with Crippen molar-refractivity contribution < 1.29 is 18.0 Å². The van der Waals surface area contributed by atoms with Crippen LogP contribution in [0.15, 0.2) is 77.7 Å². The third-order valence-electron chi connectivity index (χ3n) is 7.41. The average molecular weight is 651 g/mol. The van der Waals surface area contributed by atoms with Gasteiger partial charge in [-0.25, -0.2) is 8.42 Å². The molecule has 42 heavy (non-hydrogen) atoms. The summed E-state index contributed by atoms with van der Waals surface area (Å²) < 4.78 is 28.9. The Hall–Kier alpha value is -2.78. The van der Waals surface area contributed by atoms with Crippen LogP contribution in [0.3, 0.4) is 0 Å².